The number of ether oxygens (including phenoxy) is 1. The van der Waals surface area contributed by atoms with Crippen molar-refractivity contribution >= 4 is 0 Å². The molecule has 0 atom stereocenters. The number of imidazole rings is 1. The number of aromatic nitrogens is 3. The van der Waals surface area contributed by atoms with Crippen molar-refractivity contribution in [3.8, 4) is 28.4 Å². The van der Waals surface area contributed by atoms with Gasteiger partial charge in [0.1, 0.15) is 18.2 Å². The van der Waals surface area contributed by atoms with Gasteiger partial charge in [0.2, 0.25) is 5.88 Å². The smallest absolute Gasteiger partial charge is 0.213 e. The molecule has 29 heavy (non-hydrogen) atoms. The second-order valence-electron chi connectivity index (χ2n) is 8.33. The molecule has 5 heteroatoms. The average Bonchev–Trinajstić information content (AvgIpc) is 3.20. The molecule has 0 unspecified atom stereocenters. The van der Waals surface area contributed by atoms with Gasteiger partial charge in [-0.2, -0.15) is 0 Å². The topological polar surface area (TPSA) is 71.0 Å². The first-order valence-electron chi connectivity index (χ1n) is 10.1. The summed E-state index contributed by atoms with van der Waals surface area (Å²) in [5.41, 5.74) is 5.07. The third kappa shape index (κ3) is 4.04. The van der Waals surface area contributed by atoms with Crippen molar-refractivity contribution in [3.05, 3.63) is 65.8 Å². The number of nitrogens with zero attached hydrogens (tertiary/aromatic N) is 2. The van der Waals surface area contributed by atoms with Crippen molar-refractivity contribution in [2.24, 2.45) is 5.41 Å². The van der Waals surface area contributed by atoms with E-state index in [2.05, 4.69) is 46.1 Å². The molecule has 1 aromatic carbocycles. The van der Waals surface area contributed by atoms with E-state index in [1.807, 2.05) is 32.3 Å². The highest BCUT2D eigenvalue weighted by Crippen LogP contribution is 2.36. The number of benzene rings is 1. The van der Waals surface area contributed by atoms with Crippen LogP contribution in [0.3, 0.4) is 0 Å². The Balaban J connectivity index is 1.46. The summed E-state index contributed by atoms with van der Waals surface area (Å²) in [6.07, 6.45) is 8.59. The Bertz CT molecular complexity index is 1010. The number of pyridine rings is 1. The maximum absolute atomic E-state index is 10.5. The molecule has 2 heterocycles. The van der Waals surface area contributed by atoms with Crippen LogP contribution in [-0.4, -0.2) is 26.7 Å². The van der Waals surface area contributed by atoms with Crippen LogP contribution >= 0.6 is 0 Å². The molecule has 0 radical (unpaired) electrons. The van der Waals surface area contributed by atoms with Gasteiger partial charge in [-0.3, -0.25) is 0 Å². The number of rotatable bonds is 6. The van der Waals surface area contributed by atoms with E-state index < -0.39 is 5.41 Å². The SMILES string of the molecule is Cc1cc(OCC(C)(C)C(O)=C2CCC2)ncc1-c1ccc(-c2ncc[nH]2)cc1. The molecule has 4 rings (SSSR count). The molecule has 150 valence electrons. The predicted octanol–water partition coefficient (Wildman–Crippen LogP) is 5.85. The summed E-state index contributed by atoms with van der Waals surface area (Å²) in [5, 5.41) is 10.5. The minimum absolute atomic E-state index is 0.395. The van der Waals surface area contributed by atoms with Gasteiger partial charge in [0.25, 0.3) is 0 Å². The number of nitrogens with one attached hydrogen (secondary N) is 1. The fraction of sp³-hybridized carbons (Fsp3) is 0.333. The summed E-state index contributed by atoms with van der Waals surface area (Å²) < 4.78 is 5.93. The molecular weight excluding hydrogens is 362 g/mol. The Hall–Kier alpha value is -3.08. The van der Waals surface area contributed by atoms with Crippen LogP contribution in [0.2, 0.25) is 0 Å². The Morgan fingerprint density at radius 2 is 1.86 bits per heavy atom. The van der Waals surface area contributed by atoms with Gasteiger partial charge in [0, 0.05) is 35.8 Å². The number of allylic oxidation sites excluding steroid dienone is 1. The number of aliphatic hydroxyl groups is 1. The van der Waals surface area contributed by atoms with Gasteiger partial charge in [0.15, 0.2) is 0 Å². The van der Waals surface area contributed by atoms with E-state index >= 15 is 0 Å². The first-order chi connectivity index (χ1) is 13.9. The fourth-order valence-electron chi connectivity index (χ4n) is 3.53. The van der Waals surface area contributed by atoms with Gasteiger partial charge in [-0.25, -0.2) is 9.97 Å². The maximum atomic E-state index is 10.5. The lowest BCUT2D eigenvalue weighted by Crippen LogP contribution is -2.26. The van der Waals surface area contributed by atoms with Crippen molar-refractivity contribution in [2.45, 2.75) is 40.0 Å². The van der Waals surface area contributed by atoms with Crippen LogP contribution < -0.4 is 4.74 Å². The quantitative estimate of drug-likeness (QED) is 0.519. The minimum atomic E-state index is -0.411. The average molecular weight is 389 g/mol. The summed E-state index contributed by atoms with van der Waals surface area (Å²) in [5.74, 6) is 1.92. The zero-order chi connectivity index (χ0) is 20.4. The maximum Gasteiger partial charge on any atom is 0.213 e. The molecule has 0 aliphatic heterocycles. The standard InChI is InChI=1S/C24H27N3O2/c1-16-13-21(29-15-24(2,3)22(28)18-5-4-6-18)27-14-20(16)17-7-9-19(10-8-17)23-25-11-12-26-23/h7-14,28H,4-6,15H2,1-3H3,(H,25,26). The highest BCUT2D eigenvalue weighted by atomic mass is 16.5. The number of H-pyrrole nitrogens is 1. The van der Waals surface area contributed by atoms with Gasteiger partial charge < -0.3 is 14.8 Å². The van der Waals surface area contributed by atoms with Gasteiger partial charge in [-0.05, 0) is 56.7 Å². The predicted molar refractivity (Wildman–Crippen MR) is 115 cm³/mol. The van der Waals surface area contributed by atoms with E-state index in [1.165, 1.54) is 6.42 Å². The van der Waals surface area contributed by atoms with Crippen molar-refractivity contribution < 1.29 is 9.84 Å². The zero-order valence-corrected chi connectivity index (χ0v) is 17.2. The van der Waals surface area contributed by atoms with Crippen LogP contribution in [0.15, 0.2) is 60.3 Å². The molecular formula is C24H27N3O2. The van der Waals surface area contributed by atoms with Crippen molar-refractivity contribution in [1.82, 2.24) is 15.0 Å². The van der Waals surface area contributed by atoms with Crippen LogP contribution in [0, 0.1) is 12.3 Å². The first kappa shape index (κ1) is 19.2. The van der Waals surface area contributed by atoms with E-state index in [4.69, 9.17) is 4.74 Å². The fourth-order valence-corrected chi connectivity index (χ4v) is 3.53. The lowest BCUT2D eigenvalue weighted by Gasteiger charge is -2.29. The van der Waals surface area contributed by atoms with Gasteiger partial charge in [0.05, 0.1) is 5.41 Å². The molecule has 2 N–H and O–H groups in total. The Morgan fingerprint density at radius 1 is 1.14 bits per heavy atom. The number of aryl methyl sites for hydroxylation is 1. The Kier molecular flexibility index (Phi) is 5.14. The third-order valence-corrected chi connectivity index (χ3v) is 5.57. The number of aromatic amines is 1. The number of hydrogen-bond acceptors (Lipinski definition) is 4. The third-order valence-electron chi connectivity index (χ3n) is 5.57. The van der Waals surface area contributed by atoms with Crippen LogP contribution in [0.25, 0.3) is 22.5 Å². The highest BCUT2D eigenvalue weighted by Gasteiger charge is 2.29. The molecule has 0 bridgehead atoms. The normalized spacial score (nSPS) is 13.8. The van der Waals surface area contributed by atoms with Crippen LogP contribution in [0.4, 0.5) is 0 Å². The second kappa shape index (κ2) is 7.74. The molecule has 2 aromatic heterocycles. The van der Waals surface area contributed by atoms with Gasteiger partial charge >= 0.3 is 0 Å². The molecule has 1 aliphatic rings. The van der Waals surface area contributed by atoms with Gasteiger partial charge in [-0.15, -0.1) is 0 Å². The molecule has 5 nitrogen and oxygen atoms in total. The largest absolute Gasteiger partial charge is 0.512 e. The summed E-state index contributed by atoms with van der Waals surface area (Å²) in [6, 6.07) is 10.2. The van der Waals surface area contributed by atoms with Crippen LogP contribution in [-0.2, 0) is 0 Å². The van der Waals surface area contributed by atoms with E-state index in [1.54, 1.807) is 6.20 Å². The lowest BCUT2D eigenvalue weighted by molar-refractivity contribution is 0.148. The van der Waals surface area contributed by atoms with E-state index in [9.17, 15) is 5.11 Å². The summed E-state index contributed by atoms with van der Waals surface area (Å²) in [4.78, 5) is 11.9. The molecule has 0 amide bonds. The van der Waals surface area contributed by atoms with Crippen molar-refractivity contribution in [1.29, 1.82) is 0 Å². The summed E-state index contributed by atoms with van der Waals surface area (Å²) >= 11 is 0. The zero-order valence-electron chi connectivity index (χ0n) is 17.2. The number of aliphatic hydroxyl groups excluding tert-OH is 1. The van der Waals surface area contributed by atoms with E-state index in [0.29, 0.717) is 18.2 Å². The molecule has 1 saturated carbocycles. The molecule has 0 spiro atoms. The lowest BCUT2D eigenvalue weighted by atomic mass is 9.81. The van der Waals surface area contributed by atoms with Crippen LogP contribution in [0.5, 0.6) is 5.88 Å². The Labute approximate surface area is 171 Å². The summed E-state index contributed by atoms with van der Waals surface area (Å²) in [7, 11) is 0. The monoisotopic (exact) mass is 389 g/mol. The van der Waals surface area contributed by atoms with Crippen LogP contribution in [0.1, 0.15) is 38.7 Å². The Morgan fingerprint density at radius 3 is 2.45 bits per heavy atom. The van der Waals surface area contributed by atoms with Crippen molar-refractivity contribution in [3.63, 3.8) is 0 Å². The molecule has 1 aliphatic carbocycles. The first-order valence-corrected chi connectivity index (χ1v) is 10.1. The second-order valence-corrected chi connectivity index (χ2v) is 8.33. The highest BCUT2D eigenvalue weighted by molar-refractivity contribution is 5.69. The van der Waals surface area contributed by atoms with E-state index in [-0.39, 0.29) is 0 Å². The number of hydrogen-bond donors (Lipinski definition) is 2. The van der Waals surface area contributed by atoms with Gasteiger partial charge in [-0.1, -0.05) is 24.3 Å². The summed E-state index contributed by atoms with van der Waals surface area (Å²) in [6.45, 7) is 6.47. The molecule has 0 saturated heterocycles. The molecule has 1 fully saturated rings. The van der Waals surface area contributed by atoms with E-state index in [0.717, 1.165) is 46.5 Å². The molecule has 3 aromatic rings. The van der Waals surface area contributed by atoms with Crippen molar-refractivity contribution in [2.75, 3.05) is 6.61 Å². The minimum Gasteiger partial charge on any atom is -0.512 e.